The van der Waals surface area contributed by atoms with Crippen molar-refractivity contribution in [2.24, 2.45) is 5.92 Å². The van der Waals surface area contributed by atoms with Gasteiger partial charge in [-0.15, -0.1) is 22.7 Å². The summed E-state index contributed by atoms with van der Waals surface area (Å²) in [4.78, 5) is 20.3. The van der Waals surface area contributed by atoms with Crippen LogP contribution >= 0.6 is 45.9 Å². The number of nitrogens with zero attached hydrogens (tertiary/aromatic N) is 2. The summed E-state index contributed by atoms with van der Waals surface area (Å²) in [6.07, 6.45) is 1.37. The molecule has 0 bridgehead atoms. The molecule has 1 unspecified atom stereocenters. The number of hydrogen-bond donors (Lipinski definition) is 1. The van der Waals surface area contributed by atoms with Crippen LogP contribution in [0.5, 0.6) is 0 Å². The van der Waals surface area contributed by atoms with Gasteiger partial charge in [0.2, 0.25) is 5.91 Å². The molecule has 0 aliphatic carbocycles. The Morgan fingerprint density at radius 2 is 2.17 bits per heavy atom. The van der Waals surface area contributed by atoms with E-state index in [1.807, 2.05) is 29.6 Å². The smallest absolute Gasteiger partial charge is 0.226 e. The second kappa shape index (κ2) is 9.04. The summed E-state index contributed by atoms with van der Waals surface area (Å²) in [5.74, 6) is 0.458. The van der Waals surface area contributed by atoms with E-state index in [4.69, 9.17) is 23.2 Å². The summed E-state index contributed by atoms with van der Waals surface area (Å²) in [6, 6.07) is 9.83. The van der Waals surface area contributed by atoms with Crippen molar-refractivity contribution in [3.8, 4) is 9.88 Å². The number of amides is 1. The topological polar surface area (TPSA) is 45.2 Å². The second-order valence-electron chi connectivity index (χ2n) is 7.26. The predicted molar refractivity (Wildman–Crippen MR) is 124 cm³/mol. The zero-order chi connectivity index (χ0) is 20.4. The van der Waals surface area contributed by atoms with Crippen LogP contribution in [-0.4, -0.2) is 30.5 Å². The summed E-state index contributed by atoms with van der Waals surface area (Å²) in [5, 5.41) is 6.69. The van der Waals surface area contributed by atoms with Gasteiger partial charge in [-0.1, -0.05) is 29.3 Å². The van der Waals surface area contributed by atoms with E-state index in [1.165, 1.54) is 22.6 Å². The molecule has 3 aromatic rings. The Bertz CT molecular complexity index is 1020. The Hall–Kier alpha value is -1.60. The Balaban J connectivity index is 1.27. The van der Waals surface area contributed by atoms with Crippen molar-refractivity contribution in [1.29, 1.82) is 0 Å². The van der Waals surface area contributed by atoms with Gasteiger partial charge >= 0.3 is 0 Å². The maximum absolute atomic E-state index is 12.4. The third kappa shape index (κ3) is 5.12. The number of thiophene rings is 1. The summed E-state index contributed by atoms with van der Waals surface area (Å²) in [7, 11) is 0. The zero-order valence-electron chi connectivity index (χ0n) is 16.0. The second-order valence-corrected chi connectivity index (χ2v) is 10.3. The average Bonchev–Trinajstić information content (AvgIpc) is 3.43. The van der Waals surface area contributed by atoms with E-state index < -0.39 is 0 Å². The first-order chi connectivity index (χ1) is 14.0. The van der Waals surface area contributed by atoms with E-state index >= 15 is 0 Å². The highest BCUT2D eigenvalue weighted by molar-refractivity contribution is 7.23. The van der Waals surface area contributed by atoms with Crippen molar-refractivity contribution < 1.29 is 4.79 Å². The molecule has 3 heterocycles. The Kier molecular flexibility index (Phi) is 6.44. The molecule has 1 N–H and O–H groups in total. The molecule has 0 spiro atoms. The third-order valence-corrected chi connectivity index (χ3v) is 7.59. The first-order valence-electron chi connectivity index (χ1n) is 9.46. The van der Waals surface area contributed by atoms with Crippen LogP contribution in [-0.2, 0) is 11.2 Å². The van der Waals surface area contributed by atoms with Crippen molar-refractivity contribution in [3.05, 3.63) is 56.3 Å². The van der Waals surface area contributed by atoms with E-state index in [9.17, 15) is 4.79 Å². The molecule has 1 atom stereocenters. The quantitative estimate of drug-likeness (QED) is 0.509. The lowest BCUT2D eigenvalue weighted by atomic mass is 10.1. The van der Waals surface area contributed by atoms with E-state index in [2.05, 4.69) is 28.2 Å². The molecule has 0 radical (unpaired) electrons. The van der Waals surface area contributed by atoms with Crippen molar-refractivity contribution in [2.75, 3.05) is 24.5 Å². The Morgan fingerprint density at radius 3 is 2.97 bits per heavy atom. The van der Waals surface area contributed by atoms with Crippen LogP contribution in [0, 0.1) is 12.8 Å². The van der Waals surface area contributed by atoms with Crippen LogP contribution in [0.15, 0.2) is 35.7 Å². The largest absolute Gasteiger partial charge is 0.371 e. The highest BCUT2D eigenvalue weighted by atomic mass is 35.5. The number of thiazole rings is 1. The van der Waals surface area contributed by atoms with Gasteiger partial charge in [0.15, 0.2) is 0 Å². The molecule has 1 saturated heterocycles. The predicted octanol–water partition coefficient (Wildman–Crippen LogP) is 5.67. The molecule has 4 nitrogen and oxygen atoms in total. The molecule has 4 rings (SSSR count). The lowest BCUT2D eigenvalue weighted by Crippen LogP contribution is -2.32. The number of anilines is 1. The maximum atomic E-state index is 12.4. The number of benzene rings is 1. The van der Waals surface area contributed by atoms with Gasteiger partial charge in [-0.25, -0.2) is 4.98 Å². The summed E-state index contributed by atoms with van der Waals surface area (Å²) >= 11 is 15.2. The van der Waals surface area contributed by atoms with E-state index in [-0.39, 0.29) is 5.91 Å². The molecule has 1 aliphatic heterocycles. The normalized spacial score (nSPS) is 16.4. The number of aryl methyl sites for hydroxylation is 1. The van der Waals surface area contributed by atoms with Crippen LogP contribution in [0.4, 0.5) is 5.69 Å². The molecule has 152 valence electrons. The SMILES string of the molecule is Cc1ccc(Cl)cc1N1CCC(CNC(=O)Cc2csc(-c3ccc(Cl)s3)n2)C1. The van der Waals surface area contributed by atoms with Crippen molar-refractivity contribution in [2.45, 2.75) is 19.8 Å². The monoisotopic (exact) mass is 465 g/mol. The molecule has 1 aromatic carbocycles. The van der Waals surface area contributed by atoms with Crippen LogP contribution < -0.4 is 10.2 Å². The van der Waals surface area contributed by atoms with Gasteiger partial charge in [-0.3, -0.25) is 4.79 Å². The Labute approximate surface area is 188 Å². The fourth-order valence-electron chi connectivity index (χ4n) is 3.56. The number of carbonyl (C=O) groups is 1. The van der Waals surface area contributed by atoms with Crippen LogP contribution in [0.2, 0.25) is 9.36 Å². The van der Waals surface area contributed by atoms with E-state index in [1.54, 1.807) is 11.3 Å². The third-order valence-electron chi connectivity index (χ3n) is 5.06. The fraction of sp³-hybridized carbons (Fsp3) is 0.333. The molecule has 1 fully saturated rings. The fourth-order valence-corrected chi connectivity index (χ4v) is 5.66. The molecule has 29 heavy (non-hydrogen) atoms. The molecular formula is C21H21Cl2N3OS2. The zero-order valence-corrected chi connectivity index (χ0v) is 19.1. The minimum Gasteiger partial charge on any atom is -0.371 e. The van der Waals surface area contributed by atoms with Gasteiger partial charge in [0.25, 0.3) is 0 Å². The number of halogens is 2. The molecule has 0 saturated carbocycles. The minimum absolute atomic E-state index is 0.0171. The summed E-state index contributed by atoms with van der Waals surface area (Å²) < 4.78 is 0.744. The van der Waals surface area contributed by atoms with Gasteiger partial charge in [-0.05, 0) is 49.1 Å². The van der Waals surface area contributed by atoms with Gasteiger partial charge in [0, 0.05) is 35.7 Å². The van der Waals surface area contributed by atoms with Crippen LogP contribution in [0.1, 0.15) is 17.7 Å². The molecule has 2 aromatic heterocycles. The standard InChI is InChI=1S/C21H21Cl2N3OS2/c1-13-2-3-15(22)8-17(13)26-7-6-14(11-26)10-24-20(27)9-16-12-28-21(25-16)18-4-5-19(23)29-18/h2-5,8,12,14H,6-7,9-11H2,1H3,(H,24,27). The van der Waals surface area contributed by atoms with Crippen molar-refractivity contribution in [3.63, 3.8) is 0 Å². The first kappa shape index (κ1) is 20.7. The minimum atomic E-state index is 0.0171. The van der Waals surface area contributed by atoms with Crippen LogP contribution in [0.3, 0.4) is 0 Å². The number of carbonyl (C=O) groups excluding carboxylic acids is 1. The number of nitrogens with one attached hydrogen (secondary N) is 1. The van der Waals surface area contributed by atoms with Crippen molar-refractivity contribution in [1.82, 2.24) is 10.3 Å². The van der Waals surface area contributed by atoms with E-state index in [0.717, 1.165) is 44.4 Å². The first-order valence-corrected chi connectivity index (χ1v) is 11.9. The van der Waals surface area contributed by atoms with Gasteiger partial charge in [-0.2, -0.15) is 0 Å². The number of hydrogen-bond acceptors (Lipinski definition) is 5. The molecule has 1 amide bonds. The molecule has 8 heteroatoms. The highest BCUT2D eigenvalue weighted by Crippen LogP contribution is 2.33. The Morgan fingerprint density at radius 1 is 1.31 bits per heavy atom. The maximum Gasteiger partial charge on any atom is 0.226 e. The highest BCUT2D eigenvalue weighted by Gasteiger charge is 2.24. The van der Waals surface area contributed by atoms with Crippen molar-refractivity contribution >= 4 is 57.5 Å². The lowest BCUT2D eigenvalue weighted by molar-refractivity contribution is -0.120. The van der Waals surface area contributed by atoms with E-state index in [0.29, 0.717) is 18.9 Å². The number of rotatable bonds is 6. The number of aromatic nitrogens is 1. The van der Waals surface area contributed by atoms with Gasteiger partial charge in [0.1, 0.15) is 5.01 Å². The summed E-state index contributed by atoms with van der Waals surface area (Å²) in [5.41, 5.74) is 3.22. The van der Waals surface area contributed by atoms with Crippen LogP contribution in [0.25, 0.3) is 9.88 Å². The lowest BCUT2D eigenvalue weighted by Gasteiger charge is -2.21. The summed E-state index contributed by atoms with van der Waals surface area (Å²) in [6.45, 7) is 4.71. The molecule has 1 aliphatic rings. The average molecular weight is 466 g/mol. The van der Waals surface area contributed by atoms with Gasteiger partial charge in [0.05, 0.1) is 21.3 Å². The molecular weight excluding hydrogens is 445 g/mol. The van der Waals surface area contributed by atoms with Gasteiger partial charge < -0.3 is 10.2 Å².